The van der Waals surface area contributed by atoms with Gasteiger partial charge < -0.3 is 5.32 Å². The third-order valence-corrected chi connectivity index (χ3v) is 3.70. The maximum absolute atomic E-state index is 12.4. The Morgan fingerprint density at radius 1 is 1.38 bits per heavy atom. The van der Waals surface area contributed by atoms with Gasteiger partial charge in [0.05, 0.1) is 11.1 Å². The van der Waals surface area contributed by atoms with Crippen molar-refractivity contribution < 1.29 is 4.79 Å². The van der Waals surface area contributed by atoms with Crippen LogP contribution in [-0.4, -0.2) is 21.7 Å². The van der Waals surface area contributed by atoms with Crippen LogP contribution in [0.15, 0.2) is 41.2 Å². The zero-order valence-corrected chi connectivity index (χ0v) is 11.9. The van der Waals surface area contributed by atoms with Crippen LogP contribution in [0.1, 0.15) is 18.5 Å². The molecule has 1 aliphatic carbocycles. The van der Waals surface area contributed by atoms with Gasteiger partial charge >= 0.3 is 0 Å². The molecule has 0 radical (unpaired) electrons. The summed E-state index contributed by atoms with van der Waals surface area (Å²) in [7, 11) is 0. The summed E-state index contributed by atoms with van der Waals surface area (Å²) < 4.78 is 1.24. The summed E-state index contributed by atoms with van der Waals surface area (Å²) in [6, 6.07) is 7.40. The summed E-state index contributed by atoms with van der Waals surface area (Å²) in [5, 5.41) is 8.56. The number of hydrogen-bond acceptors (Lipinski definition) is 3. The minimum absolute atomic E-state index is 0.0468. The van der Waals surface area contributed by atoms with Crippen molar-refractivity contribution in [3.8, 4) is 0 Å². The average Bonchev–Trinajstić information content (AvgIpc) is 2.97. The molecule has 108 valence electrons. The lowest BCUT2D eigenvalue weighted by atomic mass is 10.1. The molecule has 21 heavy (non-hydrogen) atoms. The number of amides is 1. The van der Waals surface area contributed by atoms with Crippen molar-refractivity contribution in [2.45, 2.75) is 32.4 Å². The third kappa shape index (κ3) is 2.72. The number of allylic oxidation sites excluding steroid dienone is 1. The Morgan fingerprint density at radius 3 is 2.86 bits per heavy atom. The fraction of sp³-hybridized carbons (Fsp3) is 0.312. The van der Waals surface area contributed by atoms with E-state index >= 15 is 0 Å². The number of benzene rings is 1. The largest absolute Gasteiger partial charge is 0.348 e. The zero-order valence-electron chi connectivity index (χ0n) is 11.9. The highest BCUT2D eigenvalue weighted by Gasteiger charge is 2.14. The van der Waals surface area contributed by atoms with E-state index in [1.807, 2.05) is 31.2 Å². The quantitative estimate of drug-likeness (QED) is 0.869. The van der Waals surface area contributed by atoms with Gasteiger partial charge in [-0.05, 0) is 25.8 Å². The first-order chi connectivity index (χ1) is 10.1. The Kier molecular flexibility index (Phi) is 3.56. The summed E-state index contributed by atoms with van der Waals surface area (Å²) in [5.74, 6) is -0.184. The first kappa shape index (κ1) is 13.5. The molecule has 0 saturated heterocycles. The van der Waals surface area contributed by atoms with Crippen LogP contribution < -0.4 is 10.9 Å². The third-order valence-electron chi connectivity index (χ3n) is 3.70. The van der Waals surface area contributed by atoms with Gasteiger partial charge in [0.15, 0.2) is 0 Å². The SMILES string of the molecule is Cc1nn(CC(=O)NC2C=CCC2)c(=O)c2ccccc12. The number of carbonyl (C=O) groups is 1. The number of nitrogens with one attached hydrogen (secondary N) is 1. The Morgan fingerprint density at radius 2 is 2.14 bits per heavy atom. The molecule has 1 unspecified atom stereocenters. The molecule has 1 amide bonds. The fourth-order valence-electron chi connectivity index (χ4n) is 2.65. The molecule has 1 N–H and O–H groups in total. The molecule has 1 aliphatic rings. The first-order valence-corrected chi connectivity index (χ1v) is 7.07. The molecule has 1 aromatic heterocycles. The molecule has 2 aromatic rings. The molecule has 5 nitrogen and oxygen atoms in total. The molecular formula is C16H17N3O2. The molecule has 1 atom stereocenters. The molecule has 0 bridgehead atoms. The van der Waals surface area contributed by atoms with Crippen molar-refractivity contribution in [2.24, 2.45) is 0 Å². The number of carbonyl (C=O) groups excluding carboxylic acids is 1. The average molecular weight is 283 g/mol. The minimum Gasteiger partial charge on any atom is -0.348 e. The van der Waals surface area contributed by atoms with Gasteiger partial charge in [-0.3, -0.25) is 9.59 Å². The maximum atomic E-state index is 12.4. The van der Waals surface area contributed by atoms with Crippen LogP contribution in [0.5, 0.6) is 0 Å². The number of rotatable bonds is 3. The molecule has 0 saturated carbocycles. The topological polar surface area (TPSA) is 64.0 Å². The van der Waals surface area contributed by atoms with E-state index in [0.29, 0.717) is 5.39 Å². The Hall–Kier alpha value is -2.43. The molecule has 0 fully saturated rings. The second kappa shape index (κ2) is 5.52. The molecule has 1 heterocycles. The van der Waals surface area contributed by atoms with E-state index in [1.165, 1.54) is 4.68 Å². The van der Waals surface area contributed by atoms with Gasteiger partial charge in [0, 0.05) is 11.4 Å². The van der Waals surface area contributed by atoms with E-state index in [0.717, 1.165) is 23.9 Å². The van der Waals surface area contributed by atoms with Crippen molar-refractivity contribution in [1.29, 1.82) is 0 Å². The monoisotopic (exact) mass is 283 g/mol. The minimum atomic E-state index is -0.228. The first-order valence-electron chi connectivity index (χ1n) is 7.07. The van der Waals surface area contributed by atoms with Gasteiger partial charge in [-0.1, -0.05) is 30.4 Å². The van der Waals surface area contributed by atoms with Crippen LogP contribution in [0, 0.1) is 6.92 Å². The number of fused-ring (bicyclic) bond motifs is 1. The standard InChI is InChI=1S/C16H17N3O2/c1-11-13-8-4-5-9-14(13)16(21)19(18-11)10-15(20)17-12-6-2-3-7-12/h2,4-6,8-9,12H,3,7,10H2,1H3,(H,17,20). The fourth-order valence-corrected chi connectivity index (χ4v) is 2.65. The van der Waals surface area contributed by atoms with Gasteiger partial charge in [0.1, 0.15) is 6.54 Å². The van der Waals surface area contributed by atoms with E-state index in [9.17, 15) is 9.59 Å². The van der Waals surface area contributed by atoms with Gasteiger partial charge in [0.25, 0.3) is 5.56 Å². The highest BCUT2D eigenvalue weighted by Crippen LogP contribution is 2.12. The predicted molar refractivity (Wildman–Crippen MR) is 81.0 cm³/mol. The summed E-state index contributed by atoms with van der Waals surface area (Å²) >= 11 is 0. The number of aromatic nitrogens is 2. The molecule has 3 rings (SSSR count). The number of hydrogen-bond donors (Lipinski definition) is 1. The van der Waals surface area contributed by atoms with E-state index in [4.69, 9.17) is 0 Å². The lowest BCUT2D eigenvalue weighted by Crippen LogP contribution is -2.38. The van der Waals surface area contributed by atoms with Crippen LogP contribution in [0.3, 0.4) is 0 Å². The van der Waals surface area contributed by atoms with Crippen molar-refractivity contribution in [2.75, 3.05) is 0 Å². The van der Waals surface area contributed by atoms with Crippen molar-refractivity contribution in [3.63, 3.8) is 0 Å². The summed E-state index contributed by atoms with van der Waals surface area (Å²) in [5.41, 5.74) is 0.520. The van der Waals surface area contributed by atoms with Gasteiger partial charge in [-0.2, -0.15) is 5.10 Å². The molecule has 0 aliphatic heterocycles. The van der Waals surface area contributed by atoms with Crippen LogP contribution in [0.25, 0.3) is 10.8 Å². The van der Waals surface area contributed by atoms with Crippen molar-refractivity contribution >= 4 is 16.7 Å². The van der Waals surface area contributed by atoms with Gasteiger partial charge in [0.2, 0.25) is 5.91 Å². The van der Waals surface area contributed by atoms with Crippen molar-refractivity contribution in [1.82, 2.24) is 15.1 Å². The highest BCUT2D eigenvalue weighted by atomic mass is 16.2. The molecule has 5 heteroatoms. The van der Waals surface area contributed by atoms with E-state index in [-0.39, 0.29) is 24.1 Å². The van der Waals surface area contributed by atoms with Crippen LogP contribution in [0.2, 0.25) is 0 Å². The lowest BCUT2D eigenvalue weighted by molar-refractivity contribution is -0.122. The summed E-state index contributed by atoms with van der Waals surface area (Å²) in [4.78, 5) is 24.4. The second-order valence-electron chi connectivity index (χ2n) is 5.27. The Labute approximate surface area is 122 Å². The van der Waals surface area contributed by atoms with Crippen LogP contribution >= 0.6 is 0 Å². The molecular weight excluding hydrogens is 266 g/mol. The number of nitrogens with zero attached hydrogens (tertiary/aromatic N) is 2. The van der Waals surface area contributed by atoms with E-state index in [1.54, 1.807) is 6.07 Å². The van der Waals surface area contributed by atoms with Crippen LogP contribution in [0.4, 0.5) is 0 Å². The molecule has 1 aromatic carbocycles. The van der Waals surface area contributed by atoms with Crippen molar-refractivity contribution in [3.05, 3.63) is 52.5 Å². The smallest absolute Gasteiger partial charge is 0.275 e. The Bertz CT molecular complexity index is 777. The molecule has 0 spiro atoms. The normalized spacial score (nSPS) is 17.3. The van der Waals surface area contributed by atoms with Gasteiger partial charge in [-0.25, -0.2) is 4.68 Å². The van der Waals surface area contributed by atoms with E-state index < -0.39 is 0 Å². The maximum Gasteiger partial charge on any atom is 0.275 e. The summed E-state index contributed by atoms with van der Waals surface area (Å²) in [6.07, 6.45) is 5.94. The Balaban J connectivity index is 1.87. The second-order valence-corrected chi connectivity index (χ2v) is 5.27. The van der Waals surface area contributed by atoms with E-state index in [2.05, 4.69) is 16.5 Å². The summed E-state index contributed by atoms with van der Waals surface area (Å²) in [6.45, 7) is 1.80. The zero-order chi connectivity index (χ0) is 14.8. The predicted octanol–water partition coefficient (Wildman–Crippen LogP) is 1.54. The number of aryl methyl sites for hydroxylation is 1. The lowest BCUT2D eigenvalue weighted by Gasteiger charge is -2.12. The van der Waals surface area contributed by atoms with Crippen LogP contribution in [-0.2, 0) is 11.3 Å². The highest BCUT2D eigenvalue weighted by molar-refractivity contribution is 5.83. The van der Waals surface area contributed by atoms with Gasteiger partial charge in [-0.15, -0.1) is 0 Å².